The quantitative estimate of drug-likeness (QED) is 0.263. The number of thioether (sulfide) groups is 1. The van der Waals surface area contributed by atoms with E-state index in [1.165, 1.54) is 23.5 Å². The van der Waals surface area contributed by atoms with E-state index in [4.69, 9.17) is 4.74 Å². The number of hydrogen-bond acceptors (Lipinski definition) is 7. The van der Waals surface area contributed by atoms with Gasteiger partial charge in [-0.1, -0.05) is 62.9 Å². The molecule has 1 amide bonds. The third kappa shape index (κ3) is 6.17. The molecular formula is C25H31N5O3S. The number of ether oxygens (including phenoxy) is 1. The predicted octanol–water partition coefficient (Wildman–Crippen LogP) is 4.61. The lowest BCUT2D eigenvalue weighted by Gasteiger charge is -2.19. The monoisotopic (exact) mass is 481 g/mol. The first-order valence-corrected chi connectivity index (χ1v) is 12.2. The topological polar surface area (TPSA) is 102 Å². The Labute approximate surface area is 204 Å². The fraction of sp³-hybridized carbons (Fsp3) is 0.360. The summed E-state index contributed by atoms with van der Waals surface area (Å²) in [5.74, 6) is 0.965. The largest absolute Gasteiger partial charge is 0.504 e. The Kier molecular flexibility index (Phi) is 8.33. The van der Waals surface area contributed by atoms with Crippen LogP contribution in [0, 0.1) is 0 Å². The molecule has 0 unspecified atom stereocenters. The van der Waals surface area contributed by atoms with Crippen molar-refractivity contribution in [3.8, 4) is 22.9 Å². The highest BCUT2D eigenvalue weighted by molar-refractivity contribution is 7.99. The minimum absolute atomic E-state index is 0.0177. The maximum absolute atomic E-state index is 12.3. The number of phenolic OH excluding ortho intramolecular Hbond substituents is 1. The van der Waals surface area contributed by atoms with Crippen molar-refractivity contribution < 1.29 is 14.6 Å². The van der Waals surface area contributed by atoms with Gasteiger partial charge >= 0.3 is 0 Å². The molecule has 0 aliphatic rings. The molecule has 180 valence electrons. The van der Waals surface area contributed by atoms with E-state index in [0.29, 0.717) is 29.6 Å². The van der Waals surface area contributed by atoms with E-state index in [9.17, 15) is 9.90 Å². The molecule has 0 saturated heterocycles. The Hall–Kier alpha value is -3.33. The highest BCUT2D eigenvalue weighted by Crippen LogP contribution is 2.29. The second kappa shape index (κ2) is 11.2. The lowest BCUT2D eigenvalue weighted by atomic mass is 9.87. The normalized spacial score (nSPS) is 11.7. The number of para-hydroxylation sites is 1. The van der Waals surface area contributed by atoms with Gasteiger partial charge in [-0.3, -0.25) is 4.79 Å². The van der Waals surface area contributed by atoms with Crippen LogP contribution in [0.2, 0.25) is 0 Å². The summed E-state index contributed by atoms with van der Waals surface area (Å²) in [5, 5.41) is 23.4. The van der Waals surface area contributed by atoms with Gasteiger partial charge in [0, 0.05) is 17.7 Å². The molecule has 0 bridgehead atoms. The minimum atomic E-state index is -0.288. The summed E-state index contributed by atoms with van der Waals surface area (Å²) in [5.41, 5.74) is 5.25. The van der Waals surface area contributed by atoms with E-state index in [-0.39, 0.29) is 22.8 Å². The second-order valence-electron chi connectivity index (χ2n) is 8.59. The summed E-state index contributed by atoms with van der Waals surface area (Å²) in [4.78, 5) is 12.3. The van der Waals surface area contributed by atoms with Gasteiger partial charge in [0.1, 0.15) is 0 Å². The van der Waals surface area contributed by atoms with Crippen molar-refractivity contribution in [2.45, 2.75) is 51.7 Å². The van der Waals surface area contributed by atoms with E-state index in [1.54, 1.807) is 18.2 Å². The second-order valence-corrected chi connectivity index (χ2v) is 9.53. The summed E-state index contributed by atoms with van der Waals surface area (Å²) >= 11 is 1.30. The van der Waals surface area contributed by atoms with Crippen molar-refractivity contribution in [1.82, 2.24) is 20.2 Å². The molecule has 3 aromatic rings. The van der Waals surface area contributed by atoms with Crippen LogP contribution < -0.4 is 10.2 Å². The molecule has 9 heteroatoms. The number of nitrogens with zero attached hydrogens (tertiary/aromatic N) is 4. The number of carbonyl (C=O) groups excluding carboxylic acids is 1. The van der Waals surface area contributed by atoms with Crippen molar-refractivity contribution in [2.24, 2.45) is 5.10 Å². The molecule has 1 heterocycles. The van der Waals surface area contributed by atoms with Crippen LogP contribution in [0.25, 0.3) is 11.4 Å². The van der Waals surface area contributed by atoms with Crippen LogP contribution in [0.15, 0.2) is 52.7 Å². The summed E-state index contributed by atoms with van der Waals surface area (Å²) in [6.45, 7) is 11.5. The molecule has 0 spiro atoms. The fourth-order valence-electron chi connectivity index (χ4n) is 3.27. The molecule has 1 aromatic heterocycles. The van der Waals surface area contributed by atoms with E-state index < -0.39 is 0 Å². The number of hydrogen-bond donors (Lipinski definition) is 2. The minimum Gasteiger partial charge on any atom is -0.504 e. The Balaban J connectivity index is 1.62. The van der Waals surface area contributed by atoms with Gasteiger partial charge in [0.25, 0.3) is 5.91 Å². The third-order valence-corrected chi connectivity index (χ3v) is 6.06. The van der Waals surface area contributed by atoms with Gasteiger partial charge in [0.2, 0.25) is 0 Å². The van der Waals surface area contributed by atoms with Gasteiger partial charge in [0.05, 0.1) is 18.6 Å². The highest BCUT2D eigenvalue weighted by Gasteiger charge is 2.17. The number of phenols is 1. The average molecular weight is 482 g/mol. The number of hydrazone groups is 1. The molecular weight excluding hydrogens is 450 g/mol. The van der Waals surface area contributed by atoms with Gasteiger partial charge in [0.15, 0.2) is 22.5 Å². The predicted molar refractivity (Wildman–Crippen MR) is 136 cm³/mol. The number of aromatic nitrogens is 3. The van der Waals surface area contributed by atoms with Crippen molar-refractivity contribution >= 4 is 23.9 Å². The zero-order valence-electron chi connectivity index (χ0n) is 20.2. The van der Waals surface area contributed by atoms with Crippen LogP contribution in [0.5, 0.6) is 11.5 Å². The maximum Gasteiger partial charge on any atom is 0.250 e. The van der Waals surface area contributed by atoms with Crippen LogP contribution in [0.4, 0.5) is 0 Å². The average Bonchev–Trinajstić information content (AvgIpc) is 3.22. The van der Waals surface area contributed by atoms with Crippen LogP contribution in [0.3, 0.4) is 0 Å². The first-order valence-electron chi connectivity index (χ1n) is 11.2. The van der Waals surface area contributed by atoms with Crippen LogP contribution in [-0.4, -0.2) is 44.4 Å². The fourth-order valence-corrected chi connectivity index (χ4v) is 4.06. The Morgan fingerprint density at radius 1 is 1.18 bits per heavy atom. The first kappa shape index (κ1) is 25.3. The summed E-state index contributed by atoms with van der Waals surface area (Å²) in [6.07, 6.45) is 1.38. The third-order valence-electron chi connectivity index (χ3n) is 5.10. The smallest absolute Gasteiger partial charge is 0.250 e. The number of amides is 1. The zero-order chi connectivity index (χ0) is 24.7. The number of carbonyl (C=O) groups is 1. The Bertz CT molecular complexity index is 1150. The molecule has 0 atom stereocenters. The SMILES string of the molecule is CCOc1cccc(/C=N/NC(=O)CSc2nnc(-c3ccc(C(C)(C)C)cc3)n2CC)c1O. The molecule has 8 nitrogen and oxygen atoms in total. The molecule has 0 aliphatic heterocycles. The Morgan fingerprint density at radius 2 is 1.91 bits per heavy atom. The lowest BCUT2D eigenvalue weighted by Crippen LogP contribution is -2.20. The number of benzene rings is 2. The van der Waals surface area contributed by atoms with Crippen molar-refractivity contribution in [3.63, 3.8) is 0 Å². The molecule has 0 aliphatic carbocycles. The summed E-state index contributed by atoms with van der Waals surface area (Å²) < 4.78 is 7.34. The van der Waals surface area contributed by atoms with Crippen molar-refractivity contribution in [3.05, 3.63) is 53.6 Å². The molecule has 2 aromatic carbocycles. The first-order chi connectivity index (χ1) is 16.2. The van der Waals surface area contributed by atoms with Gasteiger partial charge in [-0.05, 0) is 37.0 Å². The van der Waals surface area contributed by atoms with E-state index >= 15 is 0 Å². The van der Waals surface area contributed by atoms with E-state index in [2.05, 4.69) is 65.8 Å². The Morgan fingerprint density at radius 3 is 2.56 bits per heavy atom. The molecule has 0 fully saturated rings. The van der Waals surface area contributed by atoms with Crippen LogP contribution in [-0.2, 0) is 16.8 Å². The highest BCUT2D eigenvalue weighted by atomic mass is 32.2. The molecule has 2 N–H and O–H groups in total. The number of rotatable bonds is 9. The summed E-state index contributed by atoms with van der Waals surface area (Å²) in [7, 11) is 0. The maximum atomic E-state index is 12.3. The molecule has 3 rings (SSSR count). The van der Waals surface area contributed by atoms with Crippen molar-refractivity contribution in [2.75, 3.05) is 12.4 Å². The van der Waals surface area contributed by atoms with Gasteiger partial charge in [-0.2, -0.15) is 5.10 Å². The van der Waals surface area contributed by atoms with E-state index in [0.717, 1.165) is 11.4 Å². The van der Waals surface area contributed by atoms with Gasteiger partial charge in [-0.25, -0.2) is 5.43 Å². The van der Waals surface area contributed by atoms with Gasteiger partial charge < -0.3 is 14.4 Å². The van der Waals surface area contributed by atoms with Crippen LogP contribution >= 0.6 is 11.8 Å². The molecule has 34 heavy (non-hydrogen) atoms. The van der Waals surface area contributed by atoms with Gasteiger partial charge in [-0.15, -0.1) is 10.2 Å². The van der Waals surface area contributed by atoms with Crippen molar-refractivity contribution in [1.29, 1.82) is 0 Å². The molecule has 0 saturated carbocycles. The summed E-state index contributed by atoms with van der Waals surface area (Å²) in [6, 6.07) is 13.4. The number of nitrogens with one attached hydrogen (secondary N) is 1. The van der Waals surface area contributed by atoms with Crippen LogP contribution in [0.1, 0.15) is 45.7 Å². The zero-order valence-corrected chi connectivity index (χ0v) is 21.0. The standard InChI is InChI=1S/C25H31N5O3S/c1-6-30-23(17-11-13-19(14-12-17)25(3,4)5)28-29-24(30)34-16-21(31)27-26-15-18-9-8-10-20(22(18)32)33-7-2/h8-15,32H,6-7,16H2,1-5H3,(H,27,31)/b26-15+. The number of aromatic hydroxyl groups is 1. The van der Waals surface area contributed by atoms with E-state index in [1.807, 2.05) is 18.4 Å². The lowest BCUT2D eigenvalue weighted by molar-refractivity contribution is -0.118. The molecule has 0 radical (unpaired) electrons.